The van der Waals surface area contributed by atoms with Gasteiger partial charge in [-0.2, -0.15) is 0 Å². The molecule has 0 N–H and O–H groups in total. The third-order valence-electron chi connectivity index (χ3n) is 8.23. The summed E-state index contributed by atoms with van der Waals surface area (Å²) in [6.07, 6.45) is 0. The van der Waals surface area contributed by atoms with E-state index < -0.39 is 0 Å². The van der Waals surface area contributed by atoms with Crippen LogP contribution >= 0.6 is 0 Å². The number of hydrogen-bond donors (Lipinski definition) is 0. The van der Waals surface area contributed by atoms with Crippen molar-refractivity contribution in [2.45, 2.75) is 69.2 Å². The Kier molecular flexibility index (Phi) is 13.9. The van der Waals surface area contributed by atoms with E-state index in [1.807, 2.05) is 0 Å². The average Bonchev–Trinajstić information content (AvgIpc) is 2.93. The molecular weight excluding hydrogens is 661 g/mol. The fourth-order valence-electron chi connectivity index (χ4n) is 6.29. The molecule has 0 atom stereocenters. The van der Waals surface area contributed by atoms with Crippen molar-refractivity contribution in [3.05, 3.63) is 157 Å². The minimum absolute atomic E-state index is 0. The number of halogens is 2. The fourth-order valence-corrected chi connectivity index (χ4v) is 6.29. The molecule has 0 aliphatic carbocycles. The van der Waals surface area contributed by atoms with Gasteiger partial charge in [0.25, 0.3) is 0 Å². The van der Waals surface area contributed by atoms with Crippen molar-refractivity contribution in [3.8, 4) is 0 Å². The number of hydrogen-bond acceptors (Lipinski definition) is 3. The topological polar surface area (TPSA) is 37.6 Å². The van der Waals surface area contributed by atoms with Crippen LogP contribution in [-0.2, 0) is 17.1 Å². The zero-order valence-electron chi connectivity index (χ0n) is 29.0. The van der Waals surface area contributed by atoms with Gasteiger partial charge in [-0.15, -0.1) is 0 Å². The largest absolute Gasteiger partial charge is 2.00 e. The zero-order valence-corrected chi connectivity index (χ0v) is 31.6. The van der Waals surface area contributed by atoms with Crippen LogP contribution < -0.4 is 24.8 Å². The van der Waals surface area contributed by atoms with E-state index in [-0.39, 0.29) is 41.9 Å². The van der Waals surface area contributed by atoms with Gasteiger partial charge < -0.3 is 24.8 Å². The predicted octanol–water partition coefficient (Wildman–Crippen LogP) is 4.51. The van der Waals surface area contributed by atoms with Gasteiger partial charge in [0.2, 0.25) is 0 Å². The Morgan fingerprint density at radius 3 is 1.06 bits per heavy atom. The standard InChI is InChI=1S/C41H43N3.2ClH.Fe/c1-24-14-16-34(28(5)18-24)40(43-38-30(7)20-26(3)21-31(38)8)36-12-11-13-37(42-36)41(35-17-15-25(2)19-29(35)6)44-39-32(9)22-27(4)23-33(39)10;;;/h11-23H,1-10H3;2*1H;/q;;;+2/p-2. The normalized spacial score (nSPS) is 11.4. The van der Waals surface area contributed by atoms with E-state index in [2.05, 4.69) is 148 Å². The van der Waals surface area contributed by atoms with Crippen molar-refractivity contribution in [2.75, 3.05) is 0 Å². The molecule has 5 rings (SSSR count). The van der Waals surface area contributed by atoms with Gasteiger partial charge in [0.05, 0.1) is 34.2 Å². The Morgan fingerprint density at radius 2 is 0.745 bits per heavy atom. The molecule has 3 nitrogen and oxygen atoms in total. The average molecular weight is 705 g/mol. The predicted molar refractivity (Wildman–Crippen MR) is 188 cm³/mol. The summed E-state index contributed by atoms with van der Waals surface area (Å²) < 4.78 is 0. The van der Waals surface area contributed by atoms with Gasteiger partial charge in [-0.1, -0.05) is 89.0 Å². The van der Waals surface area contributed by atoms with E-state index in [1.54, 1.807) is 0 Å². The Bertz CT molecular complexity index is 1790. The molecule has 0 fully saturated rings. The van der Waals surface area contributed by atoms with E-state index in [4.69, 9.17) is 15.0 Å². The van der Waals surface area contributed by atoms with Crippen LogP contribution in [0.4, 0.5) is 11.4 Å². The number of aromatic nitrogens is 1. The van der Waals surface area contributed by atoms with E-state index in [1.165, 1.54) is 33.4 Å². The van der Waals surface area contributed by atoms with Gasteiger partial charge in [-0.3, -0.25) is 0 Å². The summed E-state index contributed by atoms with van der Waals surface area (Å²) >= 11 is 0. The summed E-state index contributed by atoms with van der Waals surface area (Å²) in [4.78, 5) is 16.1. The molecule has 5 aromatic rings. The van der Waals surface area contributed by atoms with Gasteiger partial charge in [0.1, 0.15) is 0 Å². The zero-order chi connectivity index (χ0) is 31.7. The number of pyridine rings is 1. The molecule has 6 heteroatoms. The first-order valence-corrected chi connectivity index (χ1v) is 15.4. The van der Waals surface area contributed by atoms with Crippen molar-refractivity contribution in [3.63, 3.8) is 0 Å². The third-order valence-corrected chi connectivity index (χ3v) is 8.23. The molecule has 1 aromatic heterocycles. The van der Waals surface area contributed by atoms with Crippen molar-refractivity contribution in [2.24, 2.45) is 9.98 Å². The van der Waals surface area contributed by atoms with Crippen LogP contribution in [0.1, 0.15) is 78.1 Å². The smallest absolute Gasteiger partial charge is 1.00 e. The van der Waals surface area contributed by atoms with Crippen molar-refractivity contribution >= 4 is 22.8 Å². The SMILES string of the molecule is Cc1ccc(C(=Nc2c(C)cc(C)cc2C)c2cccc(C(=Nc3c(C)cc(C)cc3C)c3ccc(C)cc3C)n2)c(C)c1.[Cl-].[Cl-].[Fe+2]. The Hall–Kier alpha value is -3.53. The van der Waals surface area contributed by atoms with E-state index in [0.29, 0.717) is 0 Å². The molecule has 0 saturated heterocycles. The van der Waals surface area contributed by atoms with E-state index in [9.17, 15) is 0 Å². The Balaban J connectivity index is 0.00000256. The fraction of sp³-hybridized carbons (Fsp3) is 0.244. The maximum absolute atomic E-state index is 5.37. The second kappa shape index (κ2) is 16.5. The van der Waals surface area contributed by atoms with Crippen LogP contribution in [0, 0.1) is 69.2 Å². The number of benzene rings is 4. The Labute approximate surface area is 304 Å². The quantitative estimate of drug-likeness (QED) is 0.190. The van der Waals surface area contributed by atoms with Gasteiger partial charge in [0, 0.05) is 11.1 Å². The van der Waals surface area contributed by atoms with Gasteiger partial charge in [0.15, 0.2) is 0 Å². The van der Waals surface area contributed by atoms with Crippen molar-refractivity contribution in [1.82, 2.24) is 4.98 Å². The molecule has 0 spiro atoms. The second-order valence-corrected chi connectivity index (χ2v) is 12.5. The third kappa shape index (κ3) is 8.89. The molecule has 0 bridgehead atoms. The molecule has 0 radical (unpaired) electrons. The molecule has 0 amide bonds. The minimum atomic E-state index is 0. The number of aliphatic imine (C=N–C) groups is 2. The van der Waals surface area contributed by atoms with Crippen molar-refractivity contribution in [1.29, 1.82) is 0 Å². The molecule has 47 heavy (non-hydrogen) atoms. The summed E-state index contributed by atoms with van der Waals surface area (Å²) in [7, 11) is 0. The summed E-state index contributed by atoms with van der Waals surface area (Å²) in [5.74, 6) is 0. The maximum atomic E-state index is 5.37. The number of rotatable bonds is 6. The van der Waals surface area contributed by atoms with Gasteiger partial charge in [-0.25, -0.2) is 15.0 Å². The monoisotopic (exact) mass is 703 g/mol. The first-order valence-electron chi connectivity index (χ1n) is 15.4. The molecule has 0 unspecified atom stereocenters. The summed E-state index contributed by atoms with van der Waals surface area (Å²) in [5, 5.41) is 0. The van der Waals surface area contributed by atoms with Crippen LogP contribution in [0.3, 0.4) is 0 Å². The molecular formula is C41H43Cl2FeN3. The number of nitrogens with zero attached hydrogens (tertiary/aromatic N) is 3. The van der Waals surface area contributed by atoms with Crippen LogP contribution in [-0.4, -0.2) is 16.4 Å². The Morgan fingerprint density at radius 1 is 0.426 bits per heavy atom. The molecule has 0 aliphatic rings. The molecule has 0 saturated carbocycles. The summed E-state index contributed by atoms with van der Waals surface area (Å²) in [6.45, 7) is 21.4. The van der Waals surface area contributed by atoms with Crippen LogP contribution in [0.2, 0.25) is 0 Å². The van der Waals surface area contributed by atoms with E-state index in [0.717, 1.165) is 67.6 Å². The van der Waals surface area contributed by atoms with Crippen molar-refractivity contribution < 1.29 is 41.9 Å². The summed E-state index contributed by atoms with van der Waals surface area (Å²) in [5.41, 5.74) is 19.4. The second-order valence-electron chi connectivity index (χ2n) is 12.5. The molecule has 1 heterocycles. The first kappa shape index (κ1) is 39.6. The minimum Gasteiger partial charge on any atom is -1.00 e. The first-order chi connectivity index (χ1) is 20.9. The van der Waals surface area contributed by atoms with Crippen LogP contribution in [0.25, 0.3) is 0 Å². The van der Waals surface area contributed by atoms with E-state index >= 15 is 0 Å². The molecule has 4 aromatic carbocycles. The van der Waals surface area contributed by atoms with Crippen LogP contribution in [0.15, 0.2) is 88.8 Å². The van der Waals surface area contributed by atoms with Gasteiger partial charge >= 0.3 is 17.1 Å². The summed E-state index contributed by atoms with van der Waals surface area (Å²) in [6, 6.07) is 28.1. The maximum Gasteiger partial charge on any atom is 2.00 e. The molecule has 244 valence electrons. The number of aryl methyl sites for hydroxylation is 10. The molecule has 0 aliphatic heterocycles. The van der Waals surface area contributed by atoms with Crippen LogP contribution in [0.5, 0.6) is 0 Å². The van der Waals surface area contributed by atoms with Gasteiger partial charge in [-0.05, 0) is 115 Å².